The van der Waals surface area contributed by atoms with E-state index in [0.29, 0.717) is 36.3 Å². The minimum atomic E-state index is -3.17. The van der Waals surface area contributed by atoms with Crippen LogP contribution in [0.5, 0.6) is 0 Å². The molecule has 1 saturated heterocycles. The molecule has 104 valence electrons. The van der Waals surface area contributed by atoms with Gasteiger partial charge in [-0.2, -0.15) is 4.31 Å². The molecule has 2 rings (SSSR count). The molecular weight excluding hydrogens is 334 g/mol. The van der Waals surface area contributed by atoms with Crippen molar-refractivity contribution >= 4 is 31.9 Å². The van der Waals surface area contributed by atoms with E-state index in [1.807, 2.05) is 0 Å². The average Bonchev–Trinajstić information content (AvgIpc) is 2.38. The number of aromatic nitrogens is 1. The third-order valence-corrected chi connectivity index (χ3v) is 4.74. The van der Waals surface area contributed by atoms with Crippen molar-refractivity contribution in [1.29, 1.82) is 0 Å². The van der Waals surface area contributed by atoms with Gasteiger partial charge in [0.05, 0.1) is 11.8 Å². The molecule has 0 bridgehead atoms. The van der Waals surface area contributed by atoms with Crippen LogP contribution in [0, 0.1) is 0 Å². The highest BCUT2D eigenvalue weighted by molar-refractivity contribution is 9.10. The Kier molecular flexibility index (Phi) is 4.22. The quantitative estimate of drug-likeness (QED) is 0.733. The third kappa shape index (κ3) is 3.52. The molecule has 0 radical (unpaired) electrons. The van der Waals surface area contributed by atoms with Gasteiger partial charge in [-0.15, -0.1) is 0 Å². The van der Waals surface area contributed by atoms with E-state index in [0.717, 1.165) is 0 Å². The summed E-state index contributed by atoms with van der Waals surface area (Å²) in [7, 11) is -3.17. The van der Waals surface area contributed by atoms with E-state index in [-0.39, 0.29) is 5.91 Å². The van der Waals surface area contributed by atoms with Crippen molar-refractivity contribution in [1.82, 2.24) is 14.2 Å². The first-order valence-corrected chi connectivity index (χ1v) is 8.38. The molecule has 0 aliphatic carbocycles. The van der Waals surface area contributed by atoms with Gasteiger partial charge in [-0.05, 0) is 28.1 Å². The zero-order valence-electron chi connectivity index (χ0n) is 10.4. The van der Waals surface area contributed by atoms with Gasteiger partial charge in [0, 0.05) is 32.4 Å². The van der Waals surface area contributed by atoms with E-state index in [1.54, 1.807) is 17.0 Å². The number of hydrogen-bond acceptors (Lipinski definition) is 4. The van der Waals surface area contributed by atoms with Gasteiger partial charge in [-0.25, -0.2) is 13.4 Å². The number of rotatable bonds is 2. The summed E-state index contributed by atoms with van der Waals surface area (Å²) >= 11 is 3.21. The standard InChI is InChI=1S/C11H14BrN3O3S/c1-19(17,18)15-6-4-14(5-7-15)11(16)9-2-3-10(12)13-8-9/h2-3,8H,4-7H2,1H3. The molecule has 19 heavy (non-hydrogen) atoms. The minimum Gasteiger partial charge on any atom is -0.336 e. The molecule has 2 heterocycles. The van der Waals surface area contributed by atoms with Gasteiger partial charge in [0.1, 0.15) is 4.60 Å². The van der Waals surface area contributed by atoms with Crippen molar-refractivity contribution in [2.45, 2.75) is 0 Å². The average molecular weight is 348 g/mol. The summed E-state index contributed by atoms with van der Waals surface area (Å²) in [5, 5.41) is 0. The maximum Gasteiger partial charge on any atom is 0.255 e. The van der Waals surface area contributed by atoms with Crippen molar-refractivity contribution < 1.29 is 13.2 Å². The van der Waals surface area contributed by atoms with Crippen LogP contribution in [-0.4, -0.2) is 60.9 Å². The summed E-state index contributed by atoms with van der Waals surface area (Å²) in [5.74, 6) is -0.117. The van der Waals surface area contributed by atoms with E-state index in [4.69, 9.17) is 0 Å². The molecule has 0 saturated carbocycles. The van der Waals surface area contributed by atoms with Crippen LogP contribution in [-0.2, 0) is 10.0 Å². The molecule has 1 amide bonds. The molecule has 0 atom stereocenters. The molecule has 1 aromatic heterocycles. The zero-order valence-corrected chi connectivity index (χ0v) is 12.8. The maximum absolute atomic E-state index is 12.2. The summed E-state index contributed by atoms with van der Waals surface area (Å²) in [4.78, 5) is 17.8. The predicted octanol–water partition coefficient (Wildman–Crippen LogP) is 0.562. The van der Waals surface area contributed by atoms with E-state index < -0.39 is 10.0 Å². The van der Waals surface area contributed by atoms with Crippen LogP contribution in [0.15, 0.2) is 22.9 Å². The zero-order chi connectivity index (χ0) is 14.0. The molecule has 0 N–H and O–H groups in total. The van der Waals surface area contributed by atoms with Crippen LogP contribution in [0.1, 0.15) is 10.4 Å². The fourth-order valence-corrected chi connectivity index (χ4v) is 2.97. The summed E-state index contributed by atoms with van der Waals surface area (Å²) in [6.45, 7) is 1.49. The van der Waals surface area contributed by atoms with Crippen molar-refractivity contribution in [3.05, 3.63) is 28.5 Å². The van der Waals surface area contributed by atoms with Gasteiger partial charge in [0.15, 0.2) is 0 Å². The predicted molar refractivity (Wildman–Crippen MR) is 74.3 cm³/mol. The summed E-state index contributed by atoms with van der Waals surface area (Å²) in [6.07, 6.45) is 2.69. The van der Waals surface area contributed by atoms with Crippen LogP contribution in [0.25, 0.3) is 0 Å². The number of carbonyl (C=O) groups excluding carboxylic acids is 1. The van der Waals surface area contributed by atoms with Crippen molar-refractivity contribution in [2.75, 3.05) is 32.4 Å². The Morgan fingerprint density at radius 3 is 2.37 bits per heavy atom. The summed E-state index contributed by atoms with van der Waals surface area (Å²) in [5.41, 5.74) is 0.510. The first kappa shape index (κ1) is 14.4. The number of piperazine rings is 1. The fourth-order valence-electron chi connectivity index (χ4n) is 1.91. The Bertz CT molecular complexity index is 565. The van der Waals surface area contributed by atoms with Crippen molar-refractivity contribution in [2.24, 2.45) is 0 Å². The lowest BCUT2D eigenvalue weighted by Crippen LogP contribution is -2.50. The van der Waals surface area contributed by atoms with E-state index >= 15 is 0 Å². The highest BCUT2D eigenvalue weighted by atomic mass is 79.9. The lowest BCUT2D eigenvalue weighted by molar-refractivity contribution is 0.0698. The van der Waals surface area contributed by atoms with Gasteiger partial charge >= 0.3 is 0 Å². The SMILES string of the molecule is CS(=O)(=O)N1CCN(C(=O)c2ccc(Br)nc2)CC1. The lowest BCUT2D eigenvalue weighted by atomic mass is 10.2. The number of nitrogens with zero attached hydrogens (tertiary/aromatic N) is 3. The topological polar surface area (TPSA) is 70.6 Å². The van der Waals surface area contributed by atoms with Crippen LogP contribution in [0.3, 0.4) is 0 Å². The molecule has 1 aromatic rings. The monoisotopic (exact) mass is 347 g/mol. The van der Waals surface area contributed by atoms with Crippen LogP contribution in [0.2, 0.25) is 0 Å². The fraction of sp³-hybridized carbons (Fsp3) is 0.455. The molecule has 0 aromatic carbocycles. The van der Waals surface area contributed by atoms with E-state index in [2.05, 4.69) is 20.9 Å². The number of halogens is 1. The molecule has 0 spiro atoms. The molecule has 6 nitrogen and oxygen atoms in total. The van der Waals surface area contributed by atoms with Gasteiger partial charge in [-0.3, -0.25) is 4.79 Å². The highest BCUT2D eigenvalue weighted by Crippen LogP contribution is 2.12. The highest BCUT2D eigenvalue weighted by Gasteiger charge is 2.26. The van der Waals surface area contributed by atoms with E-state index in [9.17, 15) is 13.2 Å². The maximum atomic E-state index is 12.2. The second kappa shape index (κ2) is 5.56. The van der Waals surface area contributed by atoms with Gasteiger partial charge in [-0.1, -0.05) is 0 Å². The van der Waals surface area contributed by atoms with Crippen LogP contribution in [0.4, 0.5) is 0 Å². The van der Waals surface area contributed by atoms with Gasteiger partial charge in [0.25, 0.3) is 5.91 Å². The molecule has 1 aliphatic heterocycles. The molecule has 1 aliphatic rings. The van der Waals surface area contributed by atoms with E-state index in [1.165, 1.54) is 16.8 Å². The Morgan fingerprint density at radius 1 is 1.26 bits per heavy atom. The summed E-state index contributed by atoms with van der Waals surface area (Å²) < 4.78 is 24.8. The van der Waals surface area contributed by atoms with Gasteiger partial charge < -0.3 is 4.90 Å². The number of sulfonamides is 1. The lowest BCUT2D eigenvalue weighted by Gasteiger charge is -2.33. The molecule has 8 heteroatoms. The second-order valence-corrected chi connectivity index (χ2v) is 7.12. The largest absolute Gasteiger partial charge is 0.336 e. The van der Waals surface area contributed by atoms with Crippen molar-refractivity contribution in [3.63, 3.8) is 0 Å². The minimum absolute atomic E-state index is 0.117. The van der Waals surface area contributed by atoms with Gasteiger partial charge in [0.2, 0.25) is 10.0 Å². The molecular formula is C11H14BrN3O3S. The smallest absolute Gasteiger partial charge is 0.255 e. The number of pyridine rings is 1. The summed E-state index contributed by atoms with van der Waals surface area (Å²) in [6, 6.07) is 3.41. The van der Waals surface area contributed by atoms with Crippen LogP contribution < -0.4 is 0 Å². The third-order valence-electron chi connectivity index (χ3n) is 2.97. The second-order valence-electron chi connectivity index (χ2n) is 4.32. The van der Waals surface area contributed by atoms with Crippen molar-refractivity contribution in [3.8, 4) is 0 Å². The number of hydrogen-bond donors (Lipinski definition) is 0. The first-order valence-electron chi connectivity index (χ1n) is 5.74. The Morgan fingerprint density at radius 2 is 1.89 bits per heavy atom. The number of amides is 1. The van der Waals surface area contributed by atoms with Crippen LogP contribution >= 0.6 is 15.9 Å². The Balaban J connectivity index is 2.02. The molecule has 0 unspecified atom stereocenters. The Labute approximate surface area is 120 Å². The molecule has 1 fully saturated rings. The normalized spacial score (nSPS) is 17.5. The number of carbonyl (C=O) groups is 1. The first-order chi connectivity index (χ1) is 8.88. The Hall–Kier alpha value is -0.990.